The van der Waals surface area contributed by atoms with Crippen molar-refractivity contribution in [2.45, 2.75) is 6.54 Å². The largest absolute Gasteiger partial charge is 0.492 e. The van der Waals surface area contributed by atoms with Crippen LogP contribution in [0.1, 0.15) is 5.56 Å². The fourth-order valence-corrected chi connectivity index (χ4v) is 3.09. The van der Waals surface area contributed by atoms with E-state index < -0.39 is 0 Å². The molecule has 8 heteroatoms. The Morgan fingerprint density at radius 1 is 1.11 bits per heavy atom. The second kappa shape index (κ2) is 10.5. The van der Waals surface area contributed by atoms with E-state index in [1.54, 1.807) is 18.2 Å². The van der Waals surface area contributed by atoms with Crippen molar-refractivity contribution in [3.05, 3.63) is 58.1 Å². The molecule has 2 N–H and O–H groups in total. The molecule has 2 aromatic rings. The normalized spacial score (nSPS) is 14.5. The molecule has 0 spiro atoms. The Hall–Kier alpha value is -1.99. The lowest BCUT2D eigenvalue weighted by Gasteiger charge is -2.26. The van der Waals surface area contributed by atoms with Crippen molar-refractivity contribution in [1.82, 2.24) is 10.2 Å². The van der Waals surface area contributed by atoms with Gasteiger partial charge < -0.3 is 20.1 Å². The fourth-order valence-electron chi connectivity index (χ4n) is 2.79. The van der Waals surface area contributed by atoms with Gasteiger partial charge >= 0.3 is 6.03 Å². The van der Waals surface area contributed by atoms with E-state index in [4.69, 9.17) is 32.7 Å². The molecule has 0 aromatic heterocycles. The molecule has 1 fully saturated rings. The molecule has 28 heavy (non-hydrogen) atoms. The molecule has 0 aliphatic carbocycles. The maximum absolute atomic E-state index is 12.1. The monoisotopic (exact) mass is 423 g/mol. The van der Waals surface area contributed by atoms with Crippen LogP contribution >= 0.6 is 23.2 Å². The maximum Gasteiger partial charge on any atom is 0.319 e. The van der Waals surface area contributed by atoms with E-state index >= 15 is 0 Å². The zero-order valence-corrected chi connectivity index (χ0v) is 16.9. The fraction of sp³-hybridized carbons (Fsp3) is 0.350. The lowest BCUT2D eigenvalue weighted by Crippen LogP contribution is -2.38. The Morgan fingerprint density at radius 2 is 1.93 bits per heavy atom. The van der Waals surface area contributed by atoms with Crippen molar-refractivity contribution < 1.29 is 14.3 Å². The van der Waals surface area contributed by atoms with Gasteiger partial charge in [0.2, 0.25) is 0 Å². The van der Waals surface area contributed by atoms with Gasteiger partial charge in [-0.1, -0.05) is 35.3 Å². The summed E-state index contributed by atoms with van der Waals surface area (Å²) in [6, 6.07) is 12.3. The maximum atomic E-state index is 12.1. The van der Waals surface area contributed by atoms with Crippen molar-refractivity contribution in [1.29, 1.82) is 0 Å². The molecular formula is C20H23Cl2N3O3. The second-order valence-corrected chi connectivity index (χ2v) is 7.20. The van der Waals surface area contributed by atoms with Gasteiger partial charge in [-0.25, -0.2) is 4.79 Å². The van der Waals surface area contributed by atoms with Crippen LogP contribution in [0.2, 0.25) is 10.0 Å². The van der Waals surface area contributed by atoms with Crippen LogP contribution in [0.5, 0.6) is 5.75 Å². The van der Waals surface area contributed by atoms with Gasteiger partial charge in [-0.2, -0.15) is 0 Å². The van der Waals surface area contributed by atoms with Gasteiger partial charge in [-0.15, -0.1) is 0 Å². The number of hydrogen-bond donors (Lipinski definition) is 2. The van der Waals surface area contributed by atoms with Crippen molar-refractivity contribution >= 4 is 34.9 Å². The van der Waals surface area contributed by atoms with Crippen LogP contribution in [0.25, 0.3) is 0 Å². The lowest BCUT2D eigenvalue weighted by molar-refractivity contribution is 0.0322. The average Bonchev–Trinajstić information content (AvgIpc) is 2.70. The molecule has 1 aliphatic heterocycles. The number of urea groups is 1. The lowest BCUT2D eigenvalue weighted by atomic mass is 10.2. The van der Waals surface area contributed by atoms with Gasteiger partial charge in [0.1, 0.15) is 12.4 Å². The summed E-state index contributed by atoms with van der Waals surface area (Å²) < 4.78 is 11.2. The summed E-state index contributed by atoms with van der Waals surface area (Å²) in [5, 5.41) is 6.37. The van der Waals surface area contributed by atoms with Crippen molar-refractivity contribution in [2.75, 3.05) is 44.8 Å². The zero-order valence-electron chi connectivity index (χ0n) is 15.4. The first-order valence-electron chi connectivity index (χ1n) is 9.12. The quantitative estimate of drug-likeness (QED) is 0.705. The number of halogens is 2. The number of hydrogen-bond acceptors (Lipinski definition) is 4. The second-order valence-electron chi connectivity index (χ2n) is 6.39. The average molecular weight is 424 g/mol. The standard InChI is InChI=1S/C20H23Cl2N3O3/c21-18-5-4-16(13-19(18)22)24-20(26)23-14-15-2-1-3-17(12-15)28-11-8-25-6-9-27-10-7-25/h1-5,12-13H,6-11,14H2,(H2,23,24,26). The van der Waals surface area contributed by atoms with Crippen molar-refractivity contribution in [3.8, 4) is 5.75 Å². The summed E-state index contributed by atoms with van der Waals surface area (Å²) in [4.78, 5) is 14.4. The number of amides is 2. The smallest absolute Gasteiger partial charge is 0.319 e. The molecule has 1 heterocycles. The summed E-state index contributed by atoms with van der Waals surface area (Å²) in [5.41, 5.74) is 1.53. The Kier molecular flexibility index (Phi) is 7.80. The third kappa shape index (κ3) is 6.56. The highest BCUT2D eigenvalue weighted by Gasteiger charge is 2.10. The molecule has 6 nitrogen and oxygen atoms in total. The summed E-state index contributed by atoms with van der Waals surface area (Å²) in [5.74, 6) is 0.789. The van der Waals surface area contributed by atoms with Crippen LogP contribution < -0.4 is 15.4 Å². The molecule has 0 unspecified atom stereocenters. The van der Waals surface area contributed by atoms with Crippen molar-refractivity contribution in [3.63, 3.8) is 0 Å². The molecule has 1 aliphatic rings. The molecular weight excluding hydrogens is 401 g/mol. The Bertz CT molecular complexity index is 798. The number of morpholine rings is 1. The number of benzene rings is 2. The number of carbonyl (C=O) groups is 1. The van der Waals surface area contributed by atoms with Gasteiger partial charge in [-0.05, 0) is 35.9 Å². The highest BCUT2D eigenvalue weighted by atomic mass is 35.5. The van der Waals surface area contributed by atoms with Crippen molar-refractivity contribution in [2.24, 2.45) is 0 Å². The first-order valence-corrected chi connectivity index (χ1v) is 9.87. The van der Waals surface area contributed by atoms with Gasteiger partial charge in [0.15, 0.2) is 0 Å². The van der Waals surface area contributed by atoms with Crippen LogP contribution in [0.4, 0.5) is 10.5 Å². The van der Waals surface area contributed by atoms with E-state index in [-0.39, 0.29) is 6.03 Å². The molecule has 0 bridgehead atoms. The van der Waals surface area contributed by atoms with Gasteiger partial charge in [-0.3, -0.25) is 4.90 Å². The minimum atomic E-state index is -0.322. The third-order valence-electron chi connectivity index (χ3n) is 4.31. The SMILES string of the molecule is O=C(NCc1cccc(OCCN2CCOCC2)c1)Nc1ccc(Cl)c(Cl)c1. The van der Waals surface area contributed by atoms with E-state index in [0.717, 1.165) is 44.2 Å². The zero-order chi connectivity index (χ0) is 19.8. The summed E-state index contributed by atoms with van der Waals surface area (Å²) in [6.07, 6.45) is 0. The van der Waals surface area contributed by atoms with E-state index in [0.29, 0.717) is 28.9 Å². The summed E-state index contributed by atoms with van der Waals surface area (Å²) in [6.45, 7) is 5.33. The van der Waals surface area contributed by atoms with Crippen LogP contribution in [0.3, 0.4) is 0 Å². The molecule has 2 amide bonds. The highest BCUT2D eigenvalue weighted by Crippen LogP contribution is 2.24. The van der Waals surface area contributed by atoms with Crippen LogP contribution in [0, 0.1) is 0 Å². The molecule has 150 valence electrons. The molecule has 0 radical (unpaired) electrons. The number of anilines is 1. The van der Waals surface area contributed by atoms with Gasteiger partial charge in [0.25, 0.3) is 0 Å². The van der Waals surface area contributed by atoms with Gasteiger partial charge in [0.05, 0.1) is 23.3 Å². The van der Waals surface area contributed by atoms with Crippen LogP contribution in [-0.4, -0.2) is 50.4 Å². The molecule has 2 aromatic carbocycles. The Labute approximate surface area is 174 Å². The van der Waals surface area contributed by atoms with Crippen LogP contribution in [0.15, 0.2) is 42.5 Å². The van der Waals surface area contributed by atoms with E-state index in [1.807, 2.05) is 24.3 Å². The number of ether oxygens (including phenoxy) is 2. The Balaban J connectivity index is 1.43. The van der Waals surface area contributed by atoms with E-state index in [2.05, 4.69) is 15.5 Å². The number of carbonyl (C=O) groups excluding carboxylic acids is 1. The molecule has 3 rings (SSSR count). The van der Waals surface area contributed by atoms with Crippen LogP contribution in [-0.2, 0) is 11.3 Å². The predicted molar refractivity (Wildman–Crippen MR) is 112 cm³/mol. The van der Waals surface area contributed by atoms with Gasteiger partial charge in [0, 0.05) is 31.9 Å². The van der Waals surface area contributed by atoms with E-state index in [9.17, 15) is 4.79 Å². The predicted octanol–water partition coefficient (Wildman–Crippen LogP) is 4.03. The highest BCUT2D eigenvalue weighted by molar-refractivity contribution is 6.42. The molecule has 0 saturated carbocycles. The number of nitrogens with one attached hydrogen (secondary N) is 2. The molecule has 0 atom stereocenters. The molecule has 1 saturated heterocycles. The minimum Gasteiger partial charge on any atom is -0.492 e. The first kappa shape index (κ1) is 20.7. The topological polar surface area (TPSA) is 62.8 Å². The summed E-state index contributed by atoms with van der Waals surface area (Å²) >= 11 is 11.8. The number of rotatable bonds is 7. The first-order chi connectivity index (χ1) is 13.6. The Morgan fingerprint density at radius 3 is 2.71 bits per heavy atom. The summed E-state index contributed by atoms with van der Waals surface area (Å²) in [7, 11) is 0. The third-order valence-corrected chi connectivity index (χ3v) is 5.05. The number of nitrogens with zero attached hydrogens (tertiary/aromatic N) is 1. The van der Waals surface area contributed by atoms with E-state index in [1.165, 1.54) is 0 Å². The minimum absolute atomic E-state index is 0.322.